The summed E-state index contributed by atoms with van der Waals surface area (Å²) in [5.41, 5.74) is 0.868. The Kier molecular flexibility index (Phi) is 4.98. The van der Waals surface area contributed by atoms with E-state index in [1.165, 1.54) is 12.1 Å². The summed E-state index contributed by atoms with van der Waals surface area (Å²) >= 11 is 0. The summed E-state index contributed by atoms with van der Waals surface area (Å²) in [6.07, 6.45) is 0. The zero-order valence-corrected chi connectivity index (χ0v) is 9.10. The second-order valence-electron chi connectivity index (χ2n) is 3.36. The maximum atomic E-state index is 11.5. The molecular formula is C10H15BN2O3. The summed E-state index contributed by atoms with van der Waals surface area (Å²) in [5, 5.41) is 23.4. The van der Waals surface area contributed by atoms with Gasteiger partial charge in [0.2, 0.25) is 0 Å². The number of benzene rings is 1. The number of rotatable bonds is 5. The number of hydrogen-bond donors (Lipinski definition) is 4. The number of amides is 1. The summed E-state index contributed by atoms with van der Waals surface area (Å²) in [4.78, 5) is 11.5. The van der Waals surface area contributed by atoms with Crippen LogP contribution in [0, 0.1) is 0 Å². The lowest BCUT2D eigenvalue weighted by atomic mass is 9.80. The number of nitrogens with one attached hydrogen (secondary N) is 2. The Hall–Kier alpha value is -1.37. The fourth-order valence-corrected chi connectivity index (χ4v) is 1.21. The van der Waals surface area contributed by atoms with E-state index >= 15 is 0 Å². The maximum Gasteiger partial charge on any atom is 0.488 e. The number of hydrogen-bond acceptors (Lipinski definition) is 4. The highest BCUT2D eigenvalue weighted by Crippen LogP contribution is 1.96. The molecule has 0 atom stereocenters. The Labute approximate surface area is 94.6 Å². The van der Waals surface area contributed by atoms with Crippen molar-refractivity contribution < 1.29 is 14.8 Å². The Morgan fingerprint density at radius 1 is 1.25 bits per heavy atom. The van der Waals surface area contributed by atoms with E-state index in [1.54, 1.807) is 12.1 Å². The predicted octanol–water partition coefficient (Wildman–Crippen LogP) is -1.68. The molecule has 6 heteroatoms. The van der Waals surface area contributed by atoms with Crippen LogP contribution in [0.25, 0.3) is 0 Å². The molecule has 0 saturated heterocycles. The molecule has 0 saturated carbocycles. The van der Waals surface area contributed by atoms with Crippen LogP contribution in [0.2, 0.25) is 0 Å². The van der Waals surface area contributed by atoms with E-state index in [1.807, 2.05) is 7.05 Å². The molecule has 0 spiro atoms. The fraction of sp³-hybridized carbons (Fsp3) is 0.300. The first-order chi connectivity index (χ1) is 7.65. The van der Waals surface area contributed by atoms with Gasteiger partial charge in [0.15, 0.2) is 0 Å². The lowest BCUT2D eigenvalue weighted by molar-refractivity contribution is 0.0954. The van der Waals surface area contributed by atoms with Gasteiger partial charge in [-0.1, -0.05) is 12.1 Å². The molecule has 1 aromatic carbocycles. The third-order valence-corrected chi connectivity index (χ3v) is 2.13. The lowest BCUT2D eigenvalue weighted by Gasteiger charge is -2.05. The van der Waals surface area contributed by atoms with E-state index in [0.717, 1.165) is 0 Å². The van der Waals surface area contributed by atoms with Gasteiger partial charge in [-0.05, 0) is 24.6 Å². The molecule has 0 heterocycles. The normalized spacial score (nSPS) is 9.94. The largest absolute Gasteiger partial charge is 0.488 e. The van der Waals surface area contributed by atoms with E-state index in [0.29, 0.717) is 24.1 Å². The first kappa shape index (κ1) is 12.7. The highest BCUT2D eigenvalue weighted by atomic mass is 16.4. The topological polar surface area (TPSA) is 81.6 Å². The zero-order valence-electron chi connectivity index (χ0n) is 9.10. The van der Waals surface area contributed by atoms with Crippen molar-refractivity contribution in [2.24, 2.45) is 0 Å². The van der Waals surface area contributed by atoms with E-state index in [-0.39, 0.29) is 5.91 Å². The van der Waals surface area contributed by atoms with Crippen molar-refractivity contribution in [1.29, 1.82) is 0 Å². The second kappa shape index (κ2) is 6.27. The van der Waals surface area contributed by atoms with Gasteiger partial charge in [-0.3, -0.25) is 4.79 Å². The quantitative estimate of drug-likeness (QED) is 0.354. The van der Waals surface area contributed by atoms with Crippen LogP contribution in [0.5, 0.6) is 0 Å². The van der Waals surface area contributed by atoms with Gasteiger partial charge < -0.3 is 20.7 Å². The van der Waals surface area contributed by atoms with Gasteiger partial charge in [-0.15, -0.1) is 0 Å². The van der Waals surface area contributed by atoms with Crippen molar-refractivity contribution in [2.75, 3.05) is 20.1 Å². The van der Waals surface area contributed by atoms with Crippen LogP contribution >= 0.6 is 0 Å². The Bertz CT molecular complexity index is 340. The van der Waals surface area contributed by atoms with Gasteiger partial charge in [0, 0.05) is 18.7 Å². The van der Waals surface area contributed by atoms with Crippen LogP contribution in [-0.4, -0.2) is 43.2 Å². The van der Waals surface area contributed by atoms with Crippen molar-refractivity contribution in [2.45, 2.75) is 0 Å². The molecular weight excluding hydrogens is 207 g/mol. The standard InChI is InChI=1S/C10H15BN2O3/c1-12-6-7-13-10(14)8-2-4-9(5-3-8)11(15)16/h2-5,12,15-16H,6-7H2,1H3,(H,13,14). The van der Waals surface area contributed by atoms with E-state index in [4.69, 9.17) is 10.0 Å². The van der Waals surface area contributed by atoms with Crippen LogP contribution in [0.15, 0.2) is 24.3 Å². The average molecular weight is 222 g/mol. The van der Waals surface area contributed by atoms with Gasteiger partial charge >= 0.3 is 7.12 Å². The van der Waals surface area contributed by atoms with Gasteiger partial charge in [-0.25, -0.2) is 0 Å². The SMILES string of the molecule is CNCCNC(=O)c1ccc(B(O)O)cc1. The third-order valence-electron chi connectivity index (χ3n) is 2.13. The molecule has 1 amide bonds. The highest BCUT2D eigenvalue weighted by Gasteiger charge is 2.11. The second-order valence-corrected chi connectivity index (χ2v) is 3.36. The number of carbonyl (C=O) groups excluding carboxylic acids is 1. The van der Waals surface area contributed by atoms with Gasteiger partial charge in [0.25, 0.3) is 5.91 Å². The molecule has 0 radical (unpaired) electrons. The number of carbonyl (C=O) groups is 1. The highest BCUT2D eigenvalue weighted by molar-refractivity contribution is 6.58. The van der Waals surface area contributed by atoms with Crippen LogP contribution in [0.3, 0.4) is 0 Å². The molecule has 0 aromatic heterocycles. The monoisotopic (exact) mass is 222 g/mol. The third kappa shape index (κ3) is 3.65. The van der Waals surface area contributed by atoms with Gasteiger partial charge in [-0.2, -0.15) is 0 Å². The molecule has 0 fully saturated rings. The molecule has 0 unspecified atom stereocenters. The Morgan fingerprint density at radius 2 is 1.88 bits per heavy atom. The first-order valence-electron chi connectivity index (χ1n) is 5.04. The van der Waals surface area contributed by atoms with Crippen molar-refractivity contribution in [3.63, 3.8) is 0 Å². The molecule has 0 aliphatic rings. The molecule has 16 heavy (non-hydrogen) atoms. The number of likely N-dealkylation sites (N-methyl/N-ethyl adjacent to an activating group) is 1. The summed E-state index contributed by atoms with van der Waals surface area (Å²) in [6.45, 7) is 1.26. The first-order valence-corrected chi connectivity index (χ1v) is 5.04. The van der Waals surface area contributed by atoms with E-state index in [9.17, 15) is 4.79 Å². The molecule has 1 rings (SSSR count). The molecule has 4 N–H and O–H groups in total. The minimum Gasteiger partial charge on any atom is -0.423 e. The van der Waals surface area contributed by atoms with Crippen molar-refractivity contribution in [3.8, 4) is 0 Å². The van der Waals surface area contributed by atoms with Gasteiger partial charge in [0.1, 0.15) is 0 Å². The zero-order chi connectivity index (χ0) is 12.0. The van der Waals surface area contributed by atoms with Crippen molar-refractivity contribution >= 4 is 18.5 Å². The molecule has 5 nitrogen and oxygen atoms in total. The lowest BCUT2D eigenvalue weighted by Crippen LogP contribution is -2.32. The van der Waals surface area contributed by atoms with Crippen LogP contribution in [0.4, 0.5) is 0 Å². The van der Waals surface area contributed by atoms with Crippen LogP contribution < -0.4 is 16.1 Å². The maximum absolute atomic E-state index is 11.5. The van der Waals surface area contributed by atoms with E-state index < -0.39 is 7.12 Å². The van der Waals surface area contributed by atoms with Gasteiger partial charge in [0.05, 0.1) is 0 Å². The van der Waals surface area contributed by atoms with Crippen LogP contribution in [-0.2, 0) is 0 Å². The average Bonchev–Trinajstić information content (AvgIpc) is 2.29. The Balaban J connectivity index is 2.56. The molecule has 86 valence electrons. The molecule has 0 bridgehead atoms. The smallest absolute Gasteiger partial charge is 0.423 e. The molecule has 0 aliphatic heterocycles. The summed E-state index contributed by atoms with van der Waals surface area (Å²) in [5.74, 6) is -0.172. The summed E-state index contributed by atoms with van der Waals surface area (Å²) in [6, 6.07) is 6.14. The minimum absolute atomic E-state index is 0.172. The summed E-state index contributed by atoms with van der Waals surface area (Å²) in [7, 11) is 0.310. The van der Waals surface area contributed by atoms with Crippen molar-refractivity contribution in [1.82, 2.24) is 10.6 Å². The molecule has 0 aliphatic carbocycles. The fourth-order valence-electron chi connectivity index (χ4n) is 1.21. The van der Waals surface area contributed by atoms with E-state index in [2.05, 4.69) is 10.6 Å². The Morgan fingerprint density at radius 3 is 2.38 bits per heavy atom. The molecule has 1 aromatic rings. The van der Waals surface area contributed by atoms with Crippen molar-refractivity contribution in [3.05, 3.63) is 29.8 Å². The predicted molar refractivity (Wildman–Crippen MR) is 62.5 cm³/mol. The minimum atomic E-state index is -1.50. The van der Waals surface area contributed by atoms with Crippen LogP contribution in [0.1, 0.15) is 10.4 Å². The summed E-state index contributed by atoms with van der Waals surface area (Å²) < 4.78 is 0.